The summed E-state index contributed by atoms with van der Waals surface area (Å²) in [5.74, 6) is 0.118. The Hall–Kier alpha value is -0.870. The van der Waals surface area contributed by atoms with Crippen molar-refractivity contribution in [1.29, 1.82) is 0 Å². The molecule has 2 N–H and O–H groups in total. The average Bonchev–Trinajstić information content (AvgIpc) is 2.54. The Morgan fingerprint density at radius 3 is 2.53 bits per heavy atom. The van der Waals surface area contributed by atoms with E-state index in [-0.39, 0.29) is 12.2 Å². The van der Waals surface area contributed by atoms with E-state index in [1.165, 1.54) is 0 Å². The van der Waals surface area contributed by atoms with Gasteiger partial charge in [0.1, 0.15) is 5.78 Å². The van der Waals surface area contributed by atoms with Crippen LogP contribution in [0.2, 0.25) is 5.02 Å². The van der Waals surface area contributed by atoms with E-state index in [2.05, 4.69) is 5.10 Å². The molecule has 96 valence electrons. The number of hydrogen-bond donors (Lipinski definition) is 1. The van der Waals surface area contributed by atoms with Crippen LogP contribution in [0.25, 0.3) is 0 Å². The summed E-state index contributed by atoms with van der Waals surface area (Å²) >= 11 is 6.13. The molecule has 1 atom stereocenters. The van der Waals surface area contributed by atoms with Crippen LogP contribution < -0.4 is 5.73 Å². The number of aromatic nitrogens is 2. The van der Waals surface area contributed by atoms with Crippen LogP contribution in [0, 0.1) is 12.3 Å². The average molecular weight is 258 g/mol. The third-order valence-electron chi connectivity index (χ3n) is 3.49. The highest BCUT2D eigenvalue weighted by atomic mass is 35.5. The van der Waals surface area contributed by atoms with Crippen LogP contribution in [0.1, 0.15) is 31.7 Å². The Labute approximate surface area is 107 Å². The second kappa shape index (κ2) is 5.19. The van der Waals surface area contributed by atoms with Crippen LogP contribution in [0.5, 0.6) is 0 Å². The van der Waals surface area contributed by atoms with Gasteiger partial charge in [-0.3, -0.25) is 9.48 Å². The van der Waals surface area contributed by atoms with Gasteiger partial charge in [0, 0.05) is 19.0 Å². The molecule has 0 aromatic carbocycles. The number of halogens is 1. The molecule has 5 heteroatoms. The topological polar surface area (TPSA) is 60.9 Å². The molecule has 4 nitrogen and oxygen atoms in total. The summed E-state index contributed by atoms with van der Waals surface area (Å²) in [4.78, 5) is 12.2. The maximum Gasteiger partial charge on any atom is 0.145 e. The fraction of sp³-hybridized carbons (Fsp3) is 0.667. The van der Waals surface area contributed by atoms with Crippen LogP contribution in [-0.2, 0) is 18.3 Å². The predicted octanol–water partition coefficient (Wildman–Crippen LogP) is 1.87. The Morgan fingerprint density at radius 2 is 2.18 bits per heavy atom. The number of rotatable bonds is 5. The molecule has 0 amide bonds. The van der Waals surface area contributed by atoms with Gasteiger partial charge >= 0.3 is 0 Å². The third-order valence-corrected chi connectivity index (χ3v) is 3.99. The summed E-state index contributed by atoms with van der Waals surface area (Å²) in [5, 5.41) is 4.78. The zero-order chi connectivity index (χ0) is 13.2. The van der Waals surface area contributed by atoms with Crippen molar-refractivity contribution < 1.29 is 4.79 Å². The molecule has 0 bridgehead atoms. The minimum Gasteiger partial charge on any atom is -0.329 e. The predicted molar refractivity (Wildman–Crippen MR) is 69.1 cm³/mol. The van der Waals surface area contributed by atoms with Crippen molar-refractivity contribution in [3.63, 3.8) is 0 Å². The normalized spacial score (nSPS) is 14.7. The molecular weight excluding hydrogens is 238 g/mol. The van der Waals surface area contributed by atoms with Gasteiger partial charge in [-0.15, -0.1) is 0 Å². The molecule has 17 heavy (non-hydrogen) atoms. The first kappa shape index (κ1) is 14.2. The summed E-state index contributed by atoms with van der Waals surface area (Å²) in [6.45, 7) is 6.06. The zero-order valence-electron chi connectivity index (χ0n) is 10.9. The minimum atomic E-state index is -0.471. The van der Waals surface area contributed by atoms with E-state index in [1.54, 1.807) is 11.7 Å². The number of carbonyl (C=O) groups is 1. The van der Waals surface area contributed by atoms with E-state index in [0.717, 1.165) is 17.8 Å². The van der Waals surface area contributed by atoms with Crippen LogP contribution in [0.4, 0.5) is 0 Å². The van der Waals surface area contributed by atoms with Crippen molar-refractivity contribution in [3.05, 3.63) is 16.4 Å². The van der Waals surface area contributed by atoms with Crippen LogP contribution in [-0.4, -0.2) is 22.1 Å². The first-order valence-electron chi connectivity index (χ1n) is 5.77. The molecule has 0 spiro atoms. The molecule has 1 rings (SSSR count). The highest BCUT2D eigenvalue weighted by Crippen LogP contribution is 2.26. The molecular formula is C12H20ClN3O. The van der Waals surface area contributed by atoms with Crippen molar-refractivity contribution in [3.8, 4) is 0 Å². The molecule has 0 aliphatic carbocycles. The van der Waals surface area contributed by atoms with Gasteiger partial charge in [-0.2, -0.15) is 5.10 Å². The number of carbonyl (C=O) groups excluding carboxylic acids is 1. The summed E-state index contributed by atoms with van der Waals surface area (Å²) < 4.78 is 1.67. The number of Topliss-reactive ketones (excluding diaryl/α,β-unsaturated/α-hetero) is 1. The van der Waals surface area contributed by atoms with Crippen molar-refractivity contribution >= 4 is 17.4 Å². The van der Waals surface area contributed by atoms with E-state index in [9.17, 15) is 4.79 Å². The summed E-state index contributed by atoms with van der Waals surface area (Å²) in [7, 11) is 1.80. The maximum absolute atomic E-state index is 12.2. The molecule has 0 fully saturated rings. The van der Waals surface area contributed by atoms with Crippen molar-refractivity contribution in [2.75, 3.05) is 6.54 Å². The van der Waals surface area contributed by atoms with Gasteiger partial charge in [0.2, 0.25) is 0 Å². The number of ketones is 1. The summed E-state index contributed by atoms with van der Waals surface area (Å²) in [5.41, 5.74) is 6.73. The number of hydrogen-bond acceptors (Lipinski definition) is 3. The van der Waals surface area contributed by atoms with Gasteiger partial charge in [0.15, 0.2) is 0 Å². The van der Waals surface area contributed by atoms with Crippen LogP contribution >= 0.6 is 11.6 Å². The highest BCUT2D eigenvalue weighted by molar-refractivity contribution is 6.32. The summed E-state index contributed by atoms with van der Waals surface area (Å²) in [6.07, 6.45) is 1.02. The number of nitrogens with zero attached hydrogens (tertiary/aromatic N) is 2. The van der Waals surface area contributed by atoms with E-state index < -0.39 is 5.41 Å². The fourth-order valence-electron chi connectivity index (χ4n) is 1.69. The molecule has 0 saturated carbocycles. The second-order valence-corrected chi connectivity index (χ2v) is 5.07. The Kier molecular flexibility index (Phi) is 4.33. The Bertz CT molecular complexity index is 422. The molecule has 1 aromatic heterocycles. The first-order valence-corrected chi connectivity index (χ1v) is 6.15. The molecule has 0 saturated heterocycles. The van der Waals surface area contributed by atoms with E-state index in [4.69, 9.17) is 17.3 Å². The third kappa shape index (κ3) is 2.69. The second-order valence-electron chi connectivity index (χ2n) is 4.69. The Morgan fingerprint density at radius 1 is 1.59 bits per heavy atom. The Balaban J connectivity index is 2.95. The highest BCUT2D eigenvalue weighted by Gasteiger charge is 2.30. The zero-order valence-corrected chi connectivity index (χ0v) is 11.6. The lowest BCUT2D eigenvalue weighted by atomic mass is 9.81. The lowest BCUT2D eigenvalue weighted by molar-refractivity contribution is -0.127. The quantitative estimate of drug-likeness (QED) is 0.876. The maximum atomic E-state index is 12.2. The molecule has 1 unspecified atom stereocenters. The van der Waals surface area contributed by atoms with Crippen molar-refractivity contribution in [1.82, 2.24) is 9.78 Å². The molecule has 0 aliphatic rings. The van der Waals surface area contributed by atoms with Gasteiger partial charge in [0.05, 0.1) is 22.8 Å². The van der Waals surface area contributed by atoms with E-state index in [1.807, 2.05) is 20.8 Å². The van der Waals surface area contributed by atoms with Crippen molar-refractivity contribution in [2.45, 2.75) is 33.6 Å². The molecule has 0 aliphatic heterocycles. The SMILES string of the molecule is CCC(C)(CN)C(=O)Cc1c(Cl)c(C)nn1C. The monoisotopic (exact) mass is 257 g/mol. The van der Waals surface area contributed by atoms with Crippen molar-refractivity contribution in [2.24, 2.45) is 18.2 Å². The largest absolute Gasteiger partial charge is 0.329 e. The van der Waals surface area contributed by atoms with Crippen LogP contribution in [0.15, 0.2) is 0 Å². The lowest BCUT2D eigenvalue weighted by Gasteiger charge is -2.24. The van der Waals surface area contributed by atoms with Gasteiger partial charge < -0.3 is 5.73 Å². The fourth-order valence-corrected chi connectivity index (χ4v) is 1.92. The van der Waals surface area contributed by atoms with Gasteiger partial charge in [0.25, 0.3) is 0 Å². The minimum absolute atomic E-state index is 0.118. The lowest BCUT2D eigenvalue weighted by Crippen LogP contribution is -2.36. The standard InChI is InChI=1S/C12H20ClN3O/c1-5-12(3,7-14)10(17)6-9-11(13)8(2)15-16(9)4/h5-7,14H2,1-4H3. The van der Waals surface area contributed by atoms with Crippen LogP contribution in [0.3, 0.4) is 0 Å². The smallest absolute Gasteiger partial charge is 0.145 e. The van der Waals surface area contributed by atoms with Gasteiger partial charge in [-0.25, -0.2) is 0 Å². The number of aryl methyl sites for hydroxylation is 2. The first-order chi connectivity index (χ1) is 7.85. The molecule has 1 aromatic rings. The van der Waals surface area contributed by atoms with E-state index >= 15 is 0 Å². The van der Waals surface area contributed by atoms with Gasteiger partial charge in [-0.1, -0.05) is 25.4 Å². The number of nitrogens with two attached hydrogens (primary N) is 1. The van der Waals surface area contributed by atoms with Gasteiger partial charge in [-0.05, 0) is 13.3 Å². The molecule has 0 radical (unpaired) electrons. The summed E-state index contributed by atoms with van der Waals surface area (Å²) in [6, 6.07) is 0. The van der Waals surface area contributed by atoms with E-state index in [0.29, 0.717) is 11.6 Å². The molecule has 1 heterocycles.